The SMILES string of the molecule is COc1ccccc1CN[C@H]1CC[C@H](CNC(=O)c2cc(C(F)(F)F)cc(C(F)(F)F)c2)CC1. The third-order valence-electron chi connectivity index (χ3n) is 6.02. The fraction of sp³-hybridized carbons (Fsp3) is 0.458. The van der Waals surface area contributed by atoms with Crippen molar-refractivity contribution >= 4 is 5.91 Å². The highest BCUT2D eigenvalue weighted by Crippen LogP contribution is 2.36. The predicted molar refractivity (Wildman–Crippen MR) is 114 cm³/mol. The molecule has 1 amide bonds. The van der Waals surface area contributed by atoms with Crippen molar-refractivity contribution in [3.05, 3.63) is 64.7 Å². The van der Waals surface area contributed by atoms with E-state index in [1.165, 1.54) is 0 Å². The third-order valence-corrected chi connectivity index (χ3v) is 6.02. The molecule has 0 spiro atoms. The fourth-order valence-electron chi connectivity index (χ4n) is 4.10. The number of nitrogens with one attached hydrogen (secondary N) is 2. The van der Waals surface area contributed by atoms with Crippen molar-refractivity contribution < 1.29 is 35.9 Å². The lowest BCUT2D eigenvalue weighted by Crippen LogP contribution is -2.36. The number of hydrogen-bond donors (Lipinski definition) is 2. The summed E-state index contributed by atoms with van der Waals surface area (Å²) in [5.41, 5.74) is -2.63. The van der Waals surface area contributed by atoms with Crippen LogP contribution in [-0.4, -0.2) is 25.6 Å². The van der Waals surface area contributed by atoms with Gasteiger partial charge in [0.1, 0.15) is 5.75 Å². The second kappa shape index (κ2) is 10.7. The topological polar surface area (TPSA) is 50.4 Å². The number of rotatable bonds is 7. The molecule has 0 atom stereocenters. The molecule has 0 bridgehead atoms. The molecule has 1 saturated carbocycles. The second-order valence-electron chi connectivity index (χ2n) is 8.41. The van der Waals surface area contributed by atoms with Gasteiger partial charge in [0.15, 0.2) is 0 Å². The van der Waals surface area contributed by atoms with Crippen LogP contribution in [0.5, 0.6) is 5.75 Å². The van der Waals surface area contributed by atoms with Crippen molar-refractivity contribution in [2.75, 3.05) is 13.7 Å². The molecule has 4 nitrogen and oxygen atoms in total. The Bertz CT molecular complexity index is 950. The third kappa shape index (κ3) is 6.88. The predicted octanol–water partition coefficient (Wildman–Crippen LogP) is 5.81. The number of carbonyl (C=O) groups excluding carboxylic acids is 1. The highest BCUT2D eigenvalue weighted by atomic mass is 19.4. The Balaban J connectivity index is 1.52. The maximum atomic E-state index is 13.0. The maximum Gasteiger partial charge on any atom is 0.416 e. The number of methoxy groups -OCH3 is 1. The van der Waals surface area contributed by atoms with E-state index in [9.17, 15) is 31.1 Å². The Morgan fingerprint density at radius 2 is 1.53 bits per heavy atom. The van der Waals surface area contributed by atoms with Crippen LogP contribution < -0.4 is 15.4 Å². The number of halogens is 6. The maximum absolute atomic E-state index is 13.0. The van der Waals surface area contributed by atoms with Gasteiger partial charge < -0.3 is 15.4 Å². The Labute approximate surface area is 193 Å². The molecule has 0 aromatic heterocycles. The minimum atomic E-state index is -4.99. The fourth-order valence-corrected chi connectivity index (χ4v) is 4.10. The molecule has 0 radical (unpaired) electrons. The lowest BCUT2D eigenvalue weighted by Gasteiger charge is -2.29. The van der Waals surface area contributed by atoms with Crippen molar-refractivity contribution in [3.8, 4) is 5.75 Å². The number of carbonyl (C=O) groups is 1. The van der Waals surface area contributed by atoms with Gasteiger partial charge in [0.05, 0.1) is 18.2 Å². The Hall–Kier alpha value is -2.75. The molecule has 2 aromatic carbocycles. The number of alkyl halides is 6. The van der Waals surface area contributed by atoms with Crippen LogP contribution in [0.4, 0.5) is 26.3 Å². The normalized spacial score (nSPS) is 19.0. The molecule has 1 aliphatic rings. The Morgan fingerprint density at radius 1 is 0.941 bits per heavy atom. The molecule has 0 heterocycles. The number of benzene rings is 2. The van der Waals surface area contributed by atoms with Crippen molar-refractivity contribution in [2.45, 2.75) is 50.6 Å². The van der Waals surface area contributed by atoms with Gasteiger partial charge >= 0.3 is 12.4 Å². The van der Waals surface area contributed by atoms with E-state index in [-0.39, 0.29) is 24.6 Å². The van der Waals surface area contributed by atoms with Crippen molar-refractivity contribution in [3.63, 3.8) is 0 Å². The molecule has 0 unspecified atom stereocenters. The quantitative estimate of drug-likeness (QED) is 0.484. The summed E-state index contributed by atoms with van der Waals surface area (Å²) < 4.78 is 83.4. The first-order valence-electron chi connectivity index (χ1n) is 10.9. The first-order chi connectivity index (χ1) is 16.0. The molecule has 186 valence electrons. The van der Waals surface area contributed by atoms with E-state index in [0.29, 0.717) is 18.7 Å². The van der Waals surface area contributed by atoms with Gasteiger partial charge in [0, 0.05) is 30.3 Å². The zero-order valence-corrected chi connectivity index (χ0v) is 18.5. The summed E-state index contributed by atoms with van der Waals surface area (Å²) >= 11 is 0. The Kier molecular flexibility index (Phi) is 8.12. The van der Waals surface area contributed by atoms with Crippen LogP contribution in [0.15, 0.2) is 42.5 Å². The van der Waals surface area contributed by atoms with Gasteiger partial charge in [-0.15, -0.1) is 0 Å². The zero-order valence-electron chi connectivity index (χ0n) is 18.5. The van der Waals surface area contributed by atoms with Crippen LogP contribution in [0.2, 0.25) is 0 Å². The number of para-hydroxylation sites is 1. The molecule has 34 heavy (non-hydrogen) atoms. The summed E-state index contributed by atoms with van der Waals surface area (Å²) in [4.78, 5) is 12.4. The van der Waals surface area contributed by atoms with E-state index in [1.807, 2.05) is 24.3 Å². The highest BCUT2D eigenvalue weighted by Gasteiger charge is 2.37. The van der Waals surface area contributed by atoms with Gasteiger partial charge in [0.25, 0.3) is 5.91 Å². The molecular weight excluding hydrogens is 462 g/mol. The number of hydrogen-bond acceptors (Lipinski definition) is 3. The molecule has 1 fully saturated rings. The summed E-state index contributed by atoms with van der Waals surface area (Å²) in [7, 11) is 1.61. The molecule has 2 aromatic rings. The smallest absolute Gasteiger partial charge is 0.416 e. The van der Waals surface area contributed by atoms with E-state index < -0.39 is 35.0 Å². The minimum absolute atomic E-state index is 0.0100. The van der Waals surface area contributed by atoms with Gasteiger partial charge in [-0.25, -0.2) is 0 Å². The van der Waals surface area contributed by atoms with E-state index in [2.05, 4.69) is 10.6 Å². The van der Waals surface area contributed by atoms with Gasteiger partial charge in [-0.2, -0.15) is 26.3 Å². The van der Waals surface area contributed by atoms with Crippen LogP contribution >= 0.6 is 0 Å². The molecule has 1 aliphatic carbocycles. The zero-order chi connectivity index (χ0) is 24.9. The molecule has 3 rings (SSSR count). The second-order valence-corrected chi connectivity index (χ2v) is 8.41. The first-order valence-corrected chi connectivity index (χ1v) is 10.9. The molecule has 0 saturated heterocycles. The molecular formula is C24H26F6N2O2. The Morgan fingerprint density at radius 3 is 2.09 bits per heavy atom. The van der Waals surface area contributed by atoms with Gasteiger partial charge in [-0.3, -0.25) is 4.79 Å². The van der Waals surface area contributed by atoms with Crippen molar-refractivity contribution in [1.29, 1.82) is 0 Å². The average molecular weight is 488 g/mol. The number of ether oxygens (including phenoxy) is 1. The van der Waals surface area contributed by atoms with Crippen LogP contribution in [0.1, 0.15) is 52.7 Å². The summed E-state index contributed by atoms with van der Waals surface area (Å²) in [5.74, 6) is -0.0520. The van der Waals surface area contributed by atoms with Crippen LogP contribution in [-0.2, 0) is 18.9 Å². The van der Waals surface area contributed by atoms with E-state index in [0.717, 1.165) is 37.0 Å². The molecule has 0 aliphatic heterocycles. The molecule has 10 heteroatoms. The lowest BCUT2D eigenvalue weighted by molar-refractivity contribution is -0.143. The van der Waals surface area contributed by atoms with Crippen LogP contribution in [0.3, 0.4) is 0 Å². The average Bonchev–Trinajstić information content (AvgIpc) is 2.80. The van der Waals surface area contributed by atoms with E-state index in [1.54, 1.807) is 7.11 Å². The summed E-state index contributed by atoms with van der Waals surface area (Å²) in [6.07, 6.45) is -6.74. The molecule has 2 N–H and O–H groups in total. The van der Waals surface area contributed by atoms with Gasteiger partial charge in [-0.1, -0.05) is 18.2 Å². The standard InChI is InChI=1S/C24H26F6N2O2/c1-34-21-5-3-2-4-16(21)14-31-20-8-6-15(7-9-20)13-32-22(33)17-10-18(23(25,26)27)12-19(11-17)24(28,29)30/h2-5,10-12,15,20,31H,6-9,13-14H2,1H3,(H,32,33)/t15-,20-. The highest BCUT2D eigenvalue weighted by molar-refractivity contribution is 5.94. The first kappa shape index (κ1) is 25.9. The largest absolute Gasteiger partial charge is 0.496 e. The van der Waals surface area contributed by atoms with Gasteiger partial charge in [-0.05, 0) is 55.9 Å². The van der Waals surface area contributed by atoms with Crippen molar-refractivity contribution in [2.24, 2.45) is 5.92 Å². The van der Waals surface area contributed by atoms with Crippen LogP contribution in [0, 0.1) is 5.92 Å². The van der Waals surface area contributed by atoms with E-state index in [4.69, 9.17) is 4.74 Å². The lowest BCUT2D eigenvalue weighted by atomic mass is 9.86. The summed E-state index contributed by atoms with van der Waals surface area (Å²) in [5, 5.41) is 5.99. The monoisotopic (exact) mass is 488 g/mol. The summed E-state index contributed by atoms with van der Waals surface area (Å²) in [6, 6.07) is 8.87. The van der Waals surface area contributed by atoms with Gasteiger partial charge in [0.2, 0.25) is 0 Å². The van der Waals surface area contributed by atoms with Crippen LogP contribution in [0.25, 0.3) is 0 Å². The summed E-state index contributed by atoms with van der Waals surface area (Å²) in [6.45, 7) is 0.836. The van der Waals surface area contributed by atoms with Crippen molar-refractivity contribution in [1.82, 2.24) is 10.6 Å². The minimum Gasteiger partial charge on any atom is -0.496 e. The number of amides is 1. The van der Waals surface area contributed by atoms with E-state index >= 15 is 0 Å².